The molecule has 0 unspecified atom stereocenters. The molecule has 2 aromatic rings. The molecule has 7 heteroatoms. The Morgan fingerprint density at radius 3 is 2.71 bits per heavy atom. The average Bonchev–Trinajstić information content (AvgIpc) is 2.94. The number of carbonyl (C=O) groups excluding carboxylic acids is 1. The molecule has 0 radical (unpaired) electrons. The summed E-state index contributed by atoms with van der Waals surface area (Å²) in [6, 6.07) is 1.72. The second-order valence-electron chi connectivity index (χ2n) is 5.16. The number of piperidine rings is 1. The predicted octanol–water partition coefficient (Wildman–Crippen LogP) is 1.43. The topological polar surface area (TPSA) is 63.9 Å². The maximum atomic E-state index is 14.7. The van der Waals surface area contributed by atoms with E-state index in [2.05, 4.69) is 15.1 Å². The zero-order valence-electron chi connectivity index (χ0n) is 11.7. The zero-order valence-corrected chi connectivity index (χ0v) is 11.7. The lowest BCUT2D eigenvalue weighted by Gasteiger charge is -2.30. The highest BCUT2D eigenvalue weighted by Gasteiger charge is 2.24. The van der Waals surface area contributed by atoms with Crippen molar-refractivity contribution in [3.63, 3.8) is 0 Å². The molecular formula is C14H16FN5O. The highest BCUT2D eigenvalue weighted by Crippen LogP contribution is 2.28. The SMILES string of the molecule is Cn1nccc1-c1ncnc(N2CCC(C=O)CC2)c1F. The van der Waals surface area contributed by atoms with Crippen LogP contribution in [0.15, 0.2) is 18.6 Å². The molecule has 0 aliphatic carbocycles. The lowest BCUT2D eigenvalue weighted by atomic mass is 9.98. The molecule has 1 saturated heterocycles. The summed E-state index contributed by atoms with van der Waals surface area (Å²) in [5.74, 6) is -0.0705. The number of halogens is 1. The molecule has 0 atom stereocenters. The van der Waals surface area contributed by atoms with E-state index in [-0.39, 0.29) is 11.6 Å². The number of hydrogen-bond donors (Lipinski definition) is 0. The van der Waals surface area contributed by atoms with Crippen LogP contribution in [0.25, 0.3) is 11.4 Å². The van der Waals surface area contributed by atoms with Gasteiger partial charge in [-0.25, -0.2) is 14.4 Å². The van der Waals surface area contributed by atoms with Crippen molar-refractivity contribution in [1.82, 2.24) is 19.7 Å². The first-order valence-electron chi connectivity index (χ1n) is 6.90. The number of anilines is 1. The second-order valence-corrected chi connectivity index (χ2v) is 5.16. The molecule has 3 rings (SSSR count). The van der Waals surface area contributed by atoms with E-state index in [1.165, 1.54) is 6.33 Å². The number of carbonyl (C=O) groups is 1. The number of aromatic nitrogens is 4. The molecule has 1 fully saturated rings. The van der Waals surface area contributed by atoms with Crippen molar-refractivity contribution in [1.29, 1.82) is 0 Å². The van der Waals surface area contributed by atoms with E-state index in [9.17, 15) is 9.18 Å². The van der Waals surface area contributed by atoms with Crippen molar-refractivity contribution >= 4 is 12.1 Å². The zero-order chi connectivity index (χ0) is 14.8. The van der Waals surface area contributed by atoms with Crippen LogP contribution < -0.4 is 4.90 Å². The van der Waals surface area contributed by atoms with Crippen molar-refractivity contribution in [2.75, 3.05) is 18.0 Å². The average molecular weight is 289 g/mol. The maximum Gasteiger partial charge on any atom is 0.193 e. The molecule has 0 amide bonds. The number of hydrogen-bond acceptors (Lipinski definition) is 5. The van der Waals surface area contributed by atoms with E-state index in [0.29, 0.717) is 24.6 Å². The van der Waals surface area contributed by atoms with Gasteiger partial charge >= 0.3 is 0 Å². The Kier molecular flexibility index (Phi) is 3.64. The highest BCUT2D eigenvalue weighted by molar-refractivity contribution is 5.61. The molecule has 3 heterocycles. The van der Waals surface area contributed by atoms with Crippen molar-refractivity contribution in [3.05, 3.63) is 24.4 Å². The van der Waals surface area contributed by atoms with E-state index in [1.807, 2.05) is 4.90 Å². The fourth-order valence-corrected chi connectivity index (χ4v) is 2.61. The van der Waals surface area contributed by atoms with E-state index in [1.54, 1.807) is 24.0 Å². The smallest absolute Gasteiger partial charge is 0.193 e. The summed E-state index contributed by atoms with van der Waals surface area (Å²) in [6.07, 6.45) is 5.41. The van der Waals surface area contributed by atoms with E-state index in [4.69, 9.17) is 0 Å². The predicted molar refractivity (Wildman–Crippen MR) is 75.2 cm³/mol. The Labute approximate surface area is 121 Å². The van der Waals surface area contributed by atoms with Crippen LogP contribution >= 0.6 is 0 Å². The van der Waals surface area contributed by atoms with Gasteiger partial charge in [-0.15, -0.1) is 0 Å². The molecule has 1 aliphatic heterocycles. The first kappa shape index (κ1) is 13.7. The molecule has 0 aromatic carbocycles. The minimum absolute atomic E-state index is 0.0719. The fraction of sp³-hybridized carbons (Fsp3) is 0.429. The van der Waals surface area contributed by atoms with Gasteiger partial charge in [0, 0.05) is 32.3 Å². The Bertz CT molecular complexity index is 649. The van der Waals surface area contributed by atoms with Gasteiger partial charge in [0.05, 0.1) is 5.69 Å². The van der Waals surface area contributed by atoms with Gasteiger partial charge in [0.25, 0.3) is 0 Å². The summed E-state index contributed by atoms with van der Waals surface area (Å²) < 4.78 is 16.3. The number of rotatable bonds is 3. The van der Waals surface area contributed by atoms with Crippen molar-refractivity contribution in [3.8, 4) is 11.4 Å². The first-order valence-corrected chi connectivity index (χ1v) is 6.90. The fourth-order valence-electron chi connectivity index (χ4n) is 2.61. The van der Waals surface area contributed by atoms with Gasteiger partial charge < -0.3 is 9.69 Å². The van der Waals surface area contributed by atoms with Gasteiger partial charge in [0.2, 0.25) is 0 Å². The molecule has 0 spiro atoms. The van der Waals surface area contributed by atoms with Gasteiger partial charge in [0.15, 0.2) is 11.6 Å². The third-order valence-electron chi connectivity index (χ3n) is 3.87. The molecule has 1 aliphatic rings. The number of aldehydes is 1. The van der Waals surface area contributed by atoms with Crippen LogP contribution in [0.4, 0.5) is 10.2 Å². The molecular weight excluding hydrogens is 273 g/mol. The van der Waals surface area contributed by atoms with Gasteiger partial charge in [-0.3, -0.25) is 4.68 Å². The standard InChI is InChI=1S/C14H16FN5O/c1-19-11(2-5-18-19)13-12(15)14(17-9-16-13)20-6-3-10(8-21)4-7-20/h2,5,8-10H,3-4,6-7H2,1H3. The molecule has 0 N–H and O–H groups in total. The van der Waals surface area contributed by atoms with Crippen LogP contribution in [-0.4, -0.2) is 39.1 Å². The van der Waals surface area contributed by atoms with Crippen LogP contribution in [0.1, 0.15) is 12.8 Å². The van der Waals surface area contributed by atoms with Gasteiger partial charge in [-0.05, 0) is 18.9 Å². The summed E-state index contributed by atoms with van der Waals surface area (Å²) in [5, 5.41) is 4.03. The summed E-state index contributed by atoms with van der Waals surface area (Å²) in [6.45, 7) is 1.25. The van der Waals surface area contributed by atoms with Crippen LogP contribution in [-0.2, 0) is 11.8 Å². The first-order chi connectivity index (χ1) is 10.2. The van der Waals surface area contributed by atoms with Gasteiger partial charge in [0.1, 0.15) is 18.3 Å². The third-order valence-corrected chi connectivity index (χ3v) is 3.87. The van der Waals surface area contributed by atoms with Crippen LogP contribution in [0, 0.1) is 11.7 Å². The maximum absolute atomic E-state index is 14.7. The molecule has 110 valence electrons. The minimum Gasteiger partial charge on any atom is -0.354 e. The number of aryl methyl sites for hydroxylation is 1. The monoisotopic (exact) mass is 289 g/mol. The van der Waals surface area contributed by atoms with Gasteiger partial charge in [-0.1, -0.05) is 0 Å². The Morgan fingerprint density at radius 1 is 1.33 bits per heavy atom. The lowest BCUT2D eigenvalue weighted by Crippen LogP contribution is -2.35. The van der Waals surface area contributed by atoms with Crippen LogP contribution in [0.3, 0.4) is 0 Å². The molecule has 2 aromatic heterocycles. The van der Waals surface area contributed by atoms with E-state index < -0.39 is 5.82 Å². The van der Waals surface area contributed by atoms with Gasteiger partial charge in [-0.2, -0.15) is 5.10 Å². The summed E-state index contributed by atoms with van der Waals surface area (Å²) in [7, 11) is 1.74. The third kappa shape index (κ3) is 2.51. The highest BCUT2D eigenvalue weighted by atomic mass is 19.1. The Balaban J connectivity index is 1.91. The Hall–Kier alpha value is -2.31. The van der Waals surface area contributed by atoms with Crippen LogP contribution in [0.5, 0.6) is 0 Å². The normalized spacial score (nSPS) is 16.2. The summed E-state index contributed by atoms with van der Waals surface area (Å²) in [5.41, 5.74) is 0.858. The van der Waals surface area contributed by atoms with Crippen molar-refractivity contribution < 1.29 is 9.18 Å². The van der Waals surface area contributed by atoms with Crippen molar-refractivity contribution in [2.24, 2.45) is 13.0 Å². The minimum atomic E-state index is -0.439. The summed E-state index contributed by atoms with van der Waals surface area (Å²) >= 11 is 0. The molecule has 6 nitrogen and oxygen atoms in total. The molecule has 21 heavy (non-hydrogen) atoms. The molecule has 0 saturated carbocycles. The molecule has 0 bridgehead atoms. The lowest BCUT2D eigenvalue weighted by molar-refractivity contribution is -0.111. The van der Waals surface area contributed by atoms with E-state index >= 15 is 0 Å². The number of nitrogens with zero attached hydrogens (tertiary/aromatic N) is 5. The quantitative estimate of drug-likeness (QED) is 0.800. The van der Waals surface area contributed by atoms with Crippen molar-refractivity contribution in [2.45, 2.75) is 12.8 Å². The summed E-state index contributed by atoms with van der Waals surface area (Å²) in [4.78, 5) is 20.8. The Morgan fingerprint density at radius 2 is 2.10 bits per heavy atom. The largest absolute Gasteiger partial charge is 0.354 e. The van der Waals surface area contributed by atoms with E-state index in [0.717, 1.165) is 19.1 Å². The second kappa shape index (κ2) is 5.59. The van der Waals surface area contributed by atoms with Crippen LogP contribution in [0.2, 0.25) is 0 Å².